The quantitative estimate of drug-likeness (QED) is 0.935. The predicted octanol–water partition coefficient (Wildman–Crippen LogP) is 3.70. The van der Waals surface area contributed by atoms with Gasteiger partial charge in [-0.1, -0.05) is 23.7 Å². The number of hydrogen-bond acceptors (Lipinski definition) is 3. The zero-order valence-corrected chi connectivity index (χ0v) is 10.3. The number of aliphatic hydroxyl groups excluding tert-OH is 1. The van der Waals surface area contributed by atoms with Crippen LogP contribution in [0, 0.1) is 0 Å². The molecule has 0 bridgehead atoms. The number of halogens is 4. The summed E-state index contributed by atoms with van der Waals surface area (Å²) in [5, 5.41) is 10.7. The molecule has 19 heavy (non-hydrogen) atoms. The molecular formula is C12H10ClF3O3. The third-order valence-electron chi connectivity index (χ3n) is 2.38. The van der Waals surface area contributed by atoms with Crippen LogP contribution in [-0.2, 0) is 4.74 Å². The maximum Gasteiger partial charge on any atom is 0.411 e. The van der Waals surface area contributed by atoms with E-state index in [2.05, 4.69) is 4.74 Å². The molecular weight excluding hydrogens is 285 g/mol. The van der Waals surface area contributed by atoms with Crippen LogP contribution in [-0.4, -0.2) is 24.5 Å². The molecule has 1 heterocycles. The maximum atomic E-state index is 11.9. The monoisotopic (exact) mass is 294 g/mol. The average molecular weight is 295 g/mol. The molecule has 1 aromatic carbocycles. The second-order valence-corrected chi connectivity index (χ2v) is 4.36. The molecule has 3 nitrogen and oxygen atoms in total. The van der Waals surface area contributed by atoms with Crippen molar-refractivity contribution >= 4 is 22.6 Å². The van der Waals surface area contributed by atoms with E-state index < -0.39 is 25.5 Å². The first-order chi connectivity index (χ1) is 8.87. The minimum Gasteiger partial charge on any atom is -0.457 e. The standard InChI is InChI=1S/C12H10ClF3O3/c13-8-3-1-2-7-4-10(19-11(7)8)9(17)5-18-6-12(14,15)16/h1-4,9,17H,5-6H2. The SMILES string of the molecule is OC(COCC(F)(F)F)c1cc2cccc(Cl)c2o1. The van der Waals surface area contributed by atoms with Gasteiger partial charge in [0.2, 0.25) is 0 Å². The van der Waals surface area contributed by atoms with Gasteiger partial charge in [0.25, 0.3) is 0 Å². The molecule has 0 saturated carbocycles. The molecule has 0 radical (unpaired) electrons. The van der Waals surface area contributed by atoms with Gasteiger partial charge in [0, 0.05) is 5.39 Å². The summed E-state index contributed by atoms with van der Waals surface area (Å²) < 4.78 is 45.3. The third-order valence-corrected chi connectivity index (χ3v) is 2.68. The molecule has 1 N–H and O–H groups in total. The first-order valence-electron chi connectivity index (χ1n) is 5.37. The highest BCUT2D eigenvalue weighted by molar-refractivity contribution is 6.34. The molecule has 0 spiro atoms. The van der Waals surface area contributed by atoms with Crippen LogP contribution in [0.25, 0.3) is 11.0 Å². The summed E-state index contributed by atoms with van der Waals surface area (Å²) in [6, 6.07) is 6.56. The van der Waals surface area contributed by atoms with E-state index in [0.29, 0.717) is 16.0 Å². The van der Waals surface area contributed by atoms with E-state index in [0.717, 1.165) is 0 Å². The largest absolute Gasteiger partial charge is 0.457 e. The molecule has 0 amide bonds. The lowest BCUT2D eigenvalue weighted by Gasteiger charge is -2.10. The fraction of sp³-hybridized carbons (Fsp3) is 0.333. The fourth-order valence-electron chi connectivity index (χ4n) is 1.58. The summed E-state index contributed by atoms with van der Waals surface area (Å²) in [5.41, 5.74) is 0.383. The highest BCUT2D eigenvalue weighted by atomic mass is 35.5. The summed E-state index contributed by atoms with van der Waals surface area (Å²) in [6.07, 6.45) is -5.69. The second-order valence-electron chi connectivity index (χ2n) is 3.95. The Labute approximate surface area is 111 Å². The molecule has 7 heteroatoms. The summed E-state index contributed by atoms with van der Waals surface area (Å²) in [5.74, 6) is 0.116. The van der Waals surface area contributed by atoms with Crippen molar-refractivity contribution in [3.8, 4) is 0 Å². The molecule has 1 aromatic heterocycles. The van der Waals surface area contributed by atoms with Gasteiger partial charge < -0.3 is 14.3 Å². The smallest absolute Gasteiger partial charge is 0.411 e. The second kappa shape index (κ2) is 5.40. The van der Waals surface area contributed by atoms with E-state index in [1.807, 2.05) is 0 Å². The van der Waals surface area contributed by atoms with Gasteiger partial charge in [0.15, 0.2) is 5.58 Å². The minimum atomic E-state index is -4.42. The number of rotatable bonds is 4. The van der Waals surface area contributed by atoms with E-state index in [1.54, 1.807) is 18.2 Å². The van der Waals surface area contributed by atoms with Crippen molar-refractivity contribution in [2.24, 2.45) is 0 Å². The van der Waals surface area contributed by atoms with E-state index in [-0.39, 0.29) is 5.76 Å². The van der Waals surface area contributed by atoms with Gasteiger partial charge in [-0.3, -0.25) is 0 Å². The zero-order valence-electron chi connectivity index (χ0n) is 9.58. The molecule has 0 saturated heterocycles. The average Bonchev–Trinajstić information content (AvgIpc) is 2.72. The number of ether oxygens (including phenoxy) is 1. The molecule has 104 valence electrons. The Bertz CT molecular complexity index is 565. The van der Waals surface area contributed by atoms with Crippen molar-refractivity contribution in [2.45, 2.75) is 12.3 Å². The highest BCUT2D eigenvalue weighted by Gasteiger charge is 2.28. The number of para-hydroxylation sites is 1. The van der Waals surface area contributed by atoms with Crippen LogP contribution in [0.15, 0.2) is 28.7 Å². The minimum absolute atomic E-state index is 0.116. The lowest BCUT2D eigenvalue weighted by atomic mass is 10.2. The molecule has 0 fully saturated rings. The Kier molecular flexibility index (Phi) is 4.03. The fourth-order valence-corrected chi connectivity index (χ4v) is 1.80. The Balaban J connectivity index is 2.05. The van der Waals surface area contributed by atoms with Crippen LogP contribution in [0.2, 0.25) is 5.02 Å². The van der Waals surface area contributed by atoms with Gasteiger partial charge in [-0.25, -0.2) is 0 Å². The van der Waals surface area contributed by atoms with E-state index >= 15 is 0 Å². The van der Waals surface area contributed by atoms with Gasteiger partial charge >= 0.3 is 6.18 Å². The van der Waals surface area contributed by atoms with E-state index in [1.165, 1.54) is 6.07 Å². The van der Waals surface area contributed by atoms with Crippen molar-refractivity contribution in [3.05, 3.63) is 35.0 Å². The normalized spacial score (nSPS) is 13.9. The Hall–Kier alpha value is -1.24. The van der Waals surface area contributed by atoms with Crippen LogP contribution in [0.5, 0.6) is 0 Å². The number of furan rings is 1. The van der Waals surface area contributed by atoms with Gasteiger partial charge in [-0.05, 0) is 12.1 Å². The topological polar surface area (TPSA) is 42.6 Å². The number of aliphatic hydroxyl groups is 1. The van der Waals surface area contributed by atoms with Crippen LogP contribution in [0.4, 0.5) is 13.2 Å². The number of fused-ring (bicyclic) bond motifs is 1. The van der Waals surface area contributed by atoms with Crippen molar-refractivity contribution in [3.63, 3.8) is 0 Å². The van der Waals surface area contributed by atoms with Crippen LogP contribution in [0.3, 0.4) is 0 Å². The van der Waals surface area contributed by atoms with Crippen molar-refractivity contribution in [1.29, 1.82) is 0 Å². The number of benzene rings is 1. The van der Waals surface area contributed by atoms with Gasteiger partial charge in [-0.15, -0.1) is 0 Å². The van der Waals surface area contributed by atoms with Gasteiger partial charge in [0.1, 0.15) is 18.5 Å². The summed E-state index contributed by atoms with van der Waals surface area (Å²) in [4.78, 5) is 0. The Morgan fingerprint density at radius 3 is 2.74 bits per heavy atom. The first kappa shape index (κ1) is 14.2. The molecule has 0 aliphatic rings. The Morgan fingerprint density at radius 1 is 1.37 bits per heavy atom. The van der Waals surface area contributed by atoms with Gasteiger partial charge in [0.05, 0.1) is 11.6 Å². The Morgan fingerprint density at radius 2 is 2.11 bits per heavy atom. The van der Waals surface area contributed by atoms with Crippen LogP contribution >= 0.6 is 11.6 Å². The van der Waals surface area contributed by atoms with Crippen LogP contribution in [0.1, 0.15) is 11.9 Å². The first-order valence-corrected chi connectivity index (χ1v) is 5.75. The zero-order chi connectivity index (χ0) is 14.0. The lowest BCUT2D eigenvalue weighted by molar-refractivity contribution is -0.179. The molecule has 1 atom stereocenters. The van der Waals surface area contributed by atoms with Crippen molar-refractivity contribution in [1.82, 2.24) is 0 Å². The molecule has 2 rings (SSSR count). The lowest BCUT2D eigenvalue weighted by Crippen LogP contribution is -2.19. The highest BCUT2D eigenvalue weighted by Crippen LogP contribution is 2.29. The maximum absolute atomic E-state index is 11.9. The number of hydrogen-bond donors (Lipinski definition) is 1. The molecule has 2 aromatic rings. The van der Waals surface area contributed by atoms with Gasteiger partial charge in [-0.2, -0.15) is 13.2 Å². The van der Waals surface area contributed by atoms with E-state index in [4.69, 9.17) is 16.0 Å². The summed E-state index contributed by atoms with van der Waals surface area (Å²) in [7, 11) is 0. The van der Waals surface area contributed by atoms with E-state index in [9.17, 15) is 18.3 Å². The summed E-state index contributed by atoms with van der Waals surface area (Å²) in [6.45, 7) is -1.91. The van der Waals surface area contributed by atoms with Crippen molar-refractivity contribution in [2.75, 3.05) is 13.2 Å². The molecule has 0 aliphatic carbocycles. The predicted molar refractivity (Wildman–Crippen MR) is 63.1 cm³/mol. The van der Waals surface area contributed by atoms with Crippen molar-refractivity contribution < 1.29 is 27.4 Å². The summed E-state index contributed by atoms with van der Waals surface area (Å²) >= 11 is 5.88. The molecule has 1 unspecified atom stereocenters. The number of alkyl halides is 3. The third kappa shape index (κ3) is 3.62. The molecule has 0 aliphatic heterocycles. The van der Waals surface area contributed by atoms with Crippen LogP contribution < -0.4 is 0 Å².